The highest BCUT2D eigenvalue weighted by Gasteiger charge is 2.34. The van der Waals surface area contributed by atoms with E-state index >= 15 is 0 Å². The second kappa shape index (κ2) is 4.78. The number of nitrogens with one attached hydrogen (secondary N) is 1. The summed E-state index contributed by atoms with van der Waals surface area (Å²) in [4.78, 5) is 0. The minimum atomic E-state index is -4.65. The van der Waals surface area contributed by atoms with E-state index < -0.39 is 17.6 Å². The molecule has 1 unspecified atom stereocenters. The third kappa shape index (κ3) is 3.37. The summed E-state index contributed by atoms with van der Waals surface area (Å²) in [5.74, 6) is -0.544. The van der Waals surface area contributed by atoms with Crippen LogP contribution in [0.3, 0.4) is 0 Å². The van der Waals surface area contributed by atoms with Crippen molar-refractivity contribution in [3.05, 3.63) is 29.6 Å². The molecule has 1 fully saturated rings. The van der Waals surface area contributed by atoms with Crippen LogP contribution in [0.2, 0.25) is 0 Å². The summed E-state index contributed by atoms with van der Waals surface area (Å²) < 4.78 is 50.6. The van der Waals surface area contributed by atoms with Gasteiger partial charge in [-0.25, -0.2) is 4.39 Å². The van der Waals surface area contributed by atoms with Crippen molar-refractivity contribution in [2.75, 3.05) is 5.32 Å². The van der Waals surface area contributed by atoms with Crippen LogP contribution in [0, 0.1) is 11.7 Å². The van der Waals surface area contributed by atoms with Crippen molar-refractivity contribution in [2.24, 2.45) is 5.92 Å². The molecule has 1 aromatic rings. The average Bonchev–Trinajstić information content (AvgIpc) is 3.03. The molecule has 0 aliphatic heterocycles. The summed E-state index contributed by atoms with van der Waals surface area (Å²) >= 11 is 0. The van der Waals surface area contributed by atoms with Gasteiger partial charge in [0.25, 0.3) is 0 Å². The Morgan fingerprint density at radius 1 is 1.33 bits per heavy atom. The Labute approximate surface area is 103 Å². The number of rotatable bonds is 4. The molecule has 1 N–H and O–H groups in total. The molecule has 1 saturated carbocycles. The highest BCUT2D eigenvalue weighted by atomic mass is 19.4. The fourth-order valence-electron chi connectivity index (χ4n) is 2.03. The quantitative estimate of drug-likeness (QED) is 0.790. The molecule has 2 rings (SSSR count). The third-order valence-electron chi connectivity index (χ3n) is 3.07. The van der Waals surface area contributed by atoms with Crippen molar-refractivity contribution in [2.45, 2.75) is 38.4 Å². The van der Waals surface area contributed by atoms with E-state index in [0.29, 0.717) is 11.6 Å². The molecular formula is C13H15F4N. The smallest absolute Gasteiger partial charge is 0.383 e. The molecule has 100 valence electrons. The lowest BCUT2D eigenvalue weighted by Gasteiger charge is -2.16. The largest absolute Gasteiger partial charge is 0.419 e. The molecule has 0 radical (unpaired) electrons. The maximum atomic E-state index is 13.1. The Hall–Kier alpha value is -1.26. The van der Waals surface area contributed by atoms with Crippen molar-refractivity contribution in [1.29, 1.82) is 0 Å². The predicted molar refractivity (Wildman–Crippen MR) is 61.8 cm³/mol. The van der Waals surface area contributed by atoms with Crippen molar-refractivity contribution in [1.82, 2.24) is 0 Å². The predicted octanol–water partition coefficient (Wildman–Crippen LogP) is 4.45. The maximum absolute atomic E-state index is 13.1. The minimum absolute atomic E-state index is 0.101. The molecule has 1 aromatic carbocycles. The van der Waals surface area contributed by atoms with E-state index in [1.54, 1.807) is 0 Å². The Bertz CT molecular complexity index is 423. The fraction of sp³-hybridized carbons (Fsp3) is 0.538. The molecule has 18 heavy (non-hydrogen) atoms. The molecule has 5 heteroatoms. The molecule has 0 heterocycles. The summed E-state index contributed by atoms with van der Waals surface area (Å²) in [6.07, 6.45) is -1.31. The second-order valence-electron chi connectivity index (χ2n) is 4.92. The fourth-order valence-corrected chi connectivity index (χ4v) is 2.03. The van der Waals surface area contributed by atoms with Crippen LogP contribution in [-0.2, 0) is 6.18 Å². The Morgan fingerprint density at radius 3 is 2.56 bits per heavy atom. The van der Waals surface area contributed by atoms with Gasteiger partial charge in [-0.15, -0.1) is 0 Å². The number of hydrogen-bond acceptors (Lipinski definition) is 1. The van der Waals surface area contributed by atoms with Crippen LogP contribution >= 0.6 is 0 Å². The van der Waals surface area contributed by atoms with Gasteiger partial charge in [0.05, 0.1) is 5.56 Å². The zero-order valence-electron chi connectivity index (χ0n) is 10.0. The monoisotopic (exact) mass is 261 g/mol. The Balaban J connectivity index is 2.08. The first-order valence-corrected chi connectivity index (χ1v) is 5.99. The second-order valence-corrected chi connectivity index (χ2v) is 4.92. The van der Waals surface area contributed by atoms with Gasteiger partial charge in [0.1, 0.15) is 5.82 Å². The third-order valence-corrected chi connectivity index (χ3v) is 3.07. The summed E-state index contributed by atoms with van der Waals surface area (Å²) in [5.41, 5.74) is -0.900. The molecule has 0 amide bonds. The van der Waals surface area contributed by atoms with Crippen LogP contribution in [0.4, 0.5) is 23.2 Å². The van der Waals surface area contributed by atoms with Gasteiger partial charge in [0.2, 0.25) is 0 Å². The van der Waals surface area contributed by atoms with Gasteiger partial charge < -0.3 is 5.32 Å². The Morgan fingerprint density at radius 2 is 2.00 bits per heavy atom. The molecule has 1 aliphatic carbocycles. The standard InChI is InChI=1S/C13H15F4N/c1-8(6-9-2-3-9)18-10-4-5-12(14)11(7-10)13(15,16)17/h4-5,7-9,18H,2-3,6H2,1H3. The number of hydrogen-bond donors (Lipinski definition) is 1. The van der Waals surface area contributed by atoms with Gasteiger partial charge in [0.15, 0.2) is 0 Å². The number of alkyl halides is 3. The lowest BCUT2D eigenvalue weighted by Crippen LogP contribution is -2.17. The van der Waals surface area contributed by atoms with Crippen LogP contribution < -0.4 is 5.32 Å². The lowest BCUT2D eigenvalue weighted by atomic mass is 10.1. The van der Waals surface area contributed by atoms with Crippen molar-refractivity contribution in [3.8, 4) is 0 Å². The number of halogens is 4. The first kappa shape index (κ1) is 13.2. The molecule has 0 saturated heterocycles. The van der Waals surface area contributed by atoms with Crippen LogP contribution in [0.1, 0.15) is 31.7 Å². The summed E-state index contributed by atoms with van der Waals surface area (Å²) in [6.45, 7) is 1.93. The van der Waals surface area contributed by atoms with Crippen molar-refractivity contribution >= 4 is 5.69 Å². The van der Waals surface area contributed by atoms with E-state index in [1.807, 2.05) is 6.92 Å². The van der Waals surface area contributed by atoms with Gasteiger partial charge >= 0.3 is 6.18 Å². The van der Waals surface area contributed by atoms with Gasteiger partial charge in [0, 0.05) is 11.7 Å². The van der Waals surface area contributed by atoms with Crippen molar-refractivity contribution < 1.29 is 17.6 Å². The molecule has 1 atom stereocenters. The van der Waals surface area contributed by atoms with Crippen LogP contribution in [0.25, 0.3) is 0 Å². The zero-order valence-corrected chi connectivity index (χ0v) is 10.0. The van der Waals surface area contributed by atoms with E-state index in [4.69, 9.17) is 0 Å². The first-order valence-electron chi connectivity index (χ1n) is 5.99. The number of anilines is 1. The van der Waals surface area contributed by atoms with Crippen LogP contribution in [-0.4, -0.2) is 6.04 Å². The van der Waals surface area contributed by atoms with Crippen LogP contribution in [0.15, 0.2) is 18.2 Å². The molecular weight excluding hydrogens is 246 g/mol. The molecule has 0 aromatic heterocycles. The van der Waals surface area contributed by atoms with Gasteiger partial charge in [-0.2, -0.15) is 13.2 Å². The Kier molecular flexibility index (Phi) is 3.50. The maximum Gasteiger partial charge on any atom is 0.419 e. The highest BCUT2D eigenvalue weighted by molar-refractivity contribution is 5.47. The average molecular weight is 261 g/mol. The van der Waals surface area contributed by atoms with Gasteiger partial charge in [-0.1, -0.05) is 12.8 Å². The van der Waals surface area contributed by atoms with E-state index in [9.17, 15) is 17.6 Å². The lowest BCUT2D eigenvalue weighted by molar-refractivity contribution is -0.139. The molecule has 0 bridgehead atoms. The van der Waals surface area contributed by atoms with Crippen LogP contribution in [0.5, 0.6) is 0 Å². The van der Waals surface area contributed by atoms with E-state index in [-0.39, 0.29) is 6.04 Å². The van der Waals surface area contributed by atoms with Gasteiger partial charge in [-0.3, -0.25) is 0 Å². The topological polar surface area (TPSA) is 12.0 Å². The zero-order chi connectivity index (χ0) is 13.3. The summed E-state index contributed by atoms with van der Waals surface area (Å²) in [5, 5.41) is 2.99. The number of benzene rings is 1. The molecule has 0 spiro atoms. The molecule has 1 nitrogen and oxygen atoms in total. The van der Waals surface area contributed by atoms with E-state index in [1.165, 1.54) is 18.9 Å². The molecule has 1 aliphatic rings. The van der Waals surface area contributed by atoms with Gasteiger partial charge in [-0.05, 0) is 37.5 Å². The normalized spacial score (nSPS) is 17.6. The first-order chi connectivity index (χ1) is 8.36. The van der Waals surface area contributed by atoms with E-state index in [0.717, 1.165) is 18.6 Å². The summed E-state index contributed by atoms with van der Waals surface area (Å²) in [6, 6.07) is 3.13. The minimum Gasteiger partial charge on any atom is -0.383 e. The SMILES string of the molecule is CC(CC1CC1)Nc1ccc(F)c(C(F)(F)F)c1. The van der Waals surface area contributed by atoms with Crippen molar-refractivity contribution in [3.63, 3.8) is 0 Å². The highest BCUT2D eigenvalue weighted by Crippen LogP contribution is 2.35. The van der Waals surface area contributed by atoms with E-state index in [2.05, 4.69) is 5.32 Å². The summed E-state index contributed by atoms with van der Waals surface area (Å²) in [7, 11) is 0.